The van der Waals surface area contributed by atoms with Crippen LogP contribution in [0.4, 0.5) is 0 Å². The van der Waals surface area contributed by atoms with Gasteiger partial charge in [-0.2, -0.15) is 9.61 Å². The summed E-state index contributed by atoms with van der Waals surface area (Å²) in [5.41, 5.74) is 1.83. The van der Waals surface area contributed by atoms with Crippen LogP contribution in [0.1, 0.15) is 23.2 Å². The first-order valence-electron chi connectivity index (χ1n) is 7.38. The minimum absolute atomic E-state index is 0.128. The largest absolute Gasteiger partial charge is 0.294 e. The van der Waals surface area contributed by atoms with Crippen LogP contribution in [0, 0.1) is 6.92 Å². The van der Waals surface area contributed by atoms with Crippen LogP contribution < -0.4 is 5.56 Å². The lowest BCUT2D eigenvalue weighted by Gasteiger charge is -2.20. The van der Waals surface area contributed by atoms with E-state index in [2.05, 4.69) is 21.9 Å². The molecular weight excluding hydrogens is 332 g/mol. The monoisotopic (exact) mass is 348 g/mol. The van der Waals surface area contributed by atoms with Crippen LogP contribution in [0.15, 0.2) is 35.1 Å². The van der Waals surface area contributed by atoms with Gasteiger partial charge in [0.15, 0.2) is 0 Å². The predicted molar refractivity (Wildman–Crippen MR) is 93.1 cm³/mol. The number of nitrogens with zero attached hydrogens (tertiary/aromatic N) is 4. The molecule has 0 unspecified atom stereocenters. The summed E-state index contributed by atoms with van der Waals surface area (Å²) >= 11 is 7.35. The number of halogens is 1. The Morgan fingerprint density at radius 3 is 2.70 bits per heavy atom. The van der Waals surface area contributed by atoms with Gasteiger partial charge in [0.05, 0.1) is 5.69 Å². The highest BCUT2D eigenvalue weighted by Crippen LogP contribution is 2.14. The van der Waals surface area contributed by atoms with E-state index >= 15 is 0 Å². The summed E-state index contributed by atoms with van der Waals surface area (Å²) in [6.07, 6.45) is 0. The van der Waals surface area contributed by atoms with Crippen LogP contribution in [0.3, 0.4) is 0 Å². The lowest BCUT2D eigenvalue weighted by atomic mass is 10.2. The first-order chi connectivity index (χ1) is 11.0. The molecule has 5 nitrogen and oxygen atoms in total. The van der Waals surface area contributed by atoms with E-state index in [-0.39, 0.29) is 5.56 Å². The lowest BCUT2D eigenvalue weighted by Crippen LogP contribution is -2.25. The molecule has 0 radical (unpaired) electrons. The summed E-state index contributed by atoms with van der Waals surface area (Å²) < 4.78 is 1.36. The molecule has 0 N–H and O–H groups in total. The van der Waals surface area contributed by atoms with Crippen LogP contribution in [-0.2, 0) is 13.1 Å². The van der Waals surface area contributed by atoms with Crippen molar-refractivity contribution in [3.8, 4) is 0 Å². The van der Waals surface area contributed by atoms with Crippen LogP contribution in [0.25, 0.3) is 4.96 Å². The van der Waals surface area contributed by atoms with Gasteiger partial charge in [0, 0.05) is 24.2 Å². The molecule has 0 aliphatic carbocycles. The zero-order valence-electron chi connectivity index (χ0n) is 13.0. The number of benzene rings is 1. The molecule has 0 aliphatic rings. The second-order valence-electron chi connectivity index (χ2n) is 5.33. The molecule has 0 aliphatic heterocycles. The molecule has 0 atom stereocenters. The maximum Gasteiger partial charge on any atom is 0.275 e. The molecule has 3 rings (SSSR count). The van der Waals surface area contributed by atoms with Crippen molar-refractivity contribution in [3.63, 3.8) is 0 Å². The molecule has 2 heterocycles. The Bertz CT molecular complexity index is 872. The van der Waals surface area contributed by atoms with Crippen LogP contribution in [0.5, 0.6) is 0 Å². The first kappa shape index (κ1) is 16.1. The van der Waals surface area contributed by atoms with Gasteiger partial charge < -0.3 is 0 Å². The van der Waals surface area contributed by atoms with E-state index in [9.17, 15) is 4.79 Å². The van der Waals surface area contributed by atoms with Gasteiger partial charge >= 0.3 is 0 Å². The van der Waals surface area contributed by atoms with E-state index in [1.54, 1.807) is 6.07 Å². The minimum atomic E-state index is -0.128. The summed E-state index contributed by atoms with van der Waals surface area (Å²) in [6, 6.07) is 9.38. The van der Waals surface area contributed by atoms with Crippen molar-refractivity contribution in [2.45, 2.75) is 26.9 Å². The van der Waals surface area contributed by atoms with E-state index < -0.39 is 0 Å². The van der Waals surface area contributed by atoms with Gasteiger partial charge in [0.1, 0.15) is 5.01 Å². The van der Waals surface area contributed by atoms with E-state index in [1.807, 2.05) is 31.2 Å². The lowest BCUT2D eigenvalue weighted by molar-refractivity contribution is 0.268. The number of rotatable bonds is 5. The Morgan fingerprint density at radius 2 is 2.00 bits per heavy atom. The fraction of sp³-hybridized carbons (Fsp3) is 0.312. The normalized spacial score (nSPS) is 11.5. The Kier molecular flexibility index (Phi) is 4.75. The molecule has 0 saturated heterocycles. The smallest absolute Gasteiger partial charge is 0.275 e. The molecule has 1 aromatic carbocycles. The maximum absolute atomic E-state index is 12.1. The third-order valence-electron chi connectivity index (χ3n) is 3.55. The number of fused-ring (bicyclic) bond motifs is 1. The molecule has 3 aromatic rings. The van der Waals surface area contributed by atoms with Gasteiger partial charge in [-0.15, -0.1) is 0 Å². The average Bonchev–Trinajstić information content (AvgIpc) is 2.90. The van der Waals surface area contributed by atoms with E-state index in [0.717, 1.165) is 28.8 Å². The second-order valence-corrected chi connectivity index (χ2v) is 6.93. The average molecular weight is 349 g/mol. The Hall–Kier alpha value is -1.76. The highest BCUT2D eigenvalue weighted by molar-refractivity contribution is 7.16. The third kappa shape index (κ3) is 3.77. The number of hydrogen-bond acceptors (Lipinski definition) is 5. The molecule has 120 valence electrons. The maximum atomic E-state index is 12.1. The summed E-state index contributed by atoms with van der Waals surface area (Å²) in [6.45, 7) is 6.25. The van der Waals surface area contributed by atoms with Crippen molar-refractivity contribution < 1.29 is 0 Å². The highest BCUT2D eigenvalue weighted by atomic mass is 35.5. The van der Waals surface area contributed by atoms with Gasteiger partial charge in [-0.05, 0) is 31.2 Å². The van der Waals surface area contributed by atoms with Crippen molar-refractivity contribution in [1.29, 1.82) is 0 Å². The van der Waals surface area contributed by atoms with Crippen LogP contribution in [0.2, 0.25) is 5.02 Å². The summed E-state index contributed by atoms with van der Waals surface area (Å²) in [7, 11) is 0. The Balaban J connectivity index is 1.81. The number of aryl methyl sites for hydroxylation is 1. The van der Waals surface area contributed by atoms with E-state index in [0.29, 0.717) is 11.5 Å². The van der Waals surface area contributed by atoms with Crippen molar-refractivity contribution in [1.82, 2.24) is 19.5 Å². The molecule has 0 amide bonds. The molecular formula is C16H17ClN4OS. The topological polar surface area (TPSA) is 50.5 Å². The second kappa shape index (κ2) is 6.78. The van der Waals surface area contributed by atoms with Gasteiger partial charge in [0.25, 0.3) is 5.56 Å². The first-order valence-corrected chi connectivity index (χ1v) is 8.58. The van der Waals surface area contributed by atoms with Crippen molar-refractivity contribution in [2.75, 3.05) is 6.54 Å². The molecule has 0 fully saturated rings. The number of hydrogen-bond donors (Lipinski definition) is 0. The Morgan fingerprint density at radius 1 is 1.26 bits per heavy atom. The fourth-order valence-electron chi connectivity index (χ4n) is 2.39. The molecule has 23 heavy (non-hydrogen) atoms. The fourth-order valence-corrected chi connectivity index (χ4v) is 3.28. The molecule has 0 saturated carbocycles. The van der Waals surface area contributed by atoms with Crippen LogP contribution >= 0.6 is 22.9 Å². The SMILES string of the molecule is CCN(Cc1ccc(Cl)cc1)Cc1cc(=O)n2nc(C)sc2n1. The molecule has 0 spiro atoms. The standard InChI is InChI=1S/C16H17ClN4OS/c1-3-20(9-12-4-6-13(17)7-5-12)10-14-8-15(22)21-16(18-14)23-11(2)19-21/h4-8H,3,9-10H2,1-2H3. The Labute approximate surface area is 143 Å². The summed E-state index contributed by atoms with van der Waals surface area (Å²) in [4.78, 5) is 19.5. The summed E-state index contributed by atoms with van der Waals surface area (Å²) in [5.74, 6) is 0. The molecule has 7 heteroatoms. The zero-order valence-corrected chi connectivity index (χ0v) is 14.6. The molecule has 2 aromatic heterocycles. The van der Waals surface area contributed by atoms with Gasteiger partial charge in [-0.1, -0.05) is 42.0 Å². The van der Waals surface area contributed by atoms with Gasteiger partial charge in [0.2, 0.25) is 4.96 Å². The highest BCUT2D eigenvalue weighted by Gasteiger charge is 2.10. The number of aromatic nitrogens is 3. The van der Waals surface area contributed by atoms with E-state index in [4.69, 9.17) is 11.6 Å². The van der Waals surface area contributed by atoms with Crippen LogP contribution in [-0.4, -0.2) is 26.0 Å². The van der Waals surface area contributed by atoms with Crippen molar-refractivity contribution in [2.24, 2.45) is 0 Å². The van der Waals surface area contributed by atoms with Gasteiger partial charge in [-0.3, -0.25) is 9.69 Å². The zero-order chi connectivity index (χ0) is 16.4. The predicted octanol–water partition coefficient (Wildman–Crippen LogP) is 3.13. The van der Waals surface area contributed by atoms with Gasteiger partial charge in [-0.25, -0.2) is 4.98 Å². The van der Waals surface area contributed by atoms with Crippen molar-refractivity contribution >= 4 is 27.9 Å². The quantitative estimate of drug-likeness (QED) is 0.710. The van der Waals surface area contributed by atoms with E-state index in [1.165, 1.54) is 21.4 Å². The van der Waals surface area contributed by atoms with Crippen molar-refractivity contribution in [3.05, 3.63) is 62.0 Å². The third-order valence-corrected chi connectivity index (χ3v) is 4.63. The minimum Gasteiger partial charge on any atom is -0.294 e. The molecule has 0 bridgehead atoms. The summed E-state index contributed by atoms with van der Waals surface area (Å²) in [5, 5.41) is 5.73.